The molecule has 0 spiro atoms. The van der Waals surface area contributed by atoms with Crippen molar-refractivity contribution in [3.63, 3.8) is 0 Å². The molecule has 0 rings (SSSR count). The second kappa shape index (κ2) is 8.64. The summed E-state index contributed by atoms with van der Waals surface area (Å²) in [4.78, 5) is 44.2. The number of carboxylic acids is 1. The summed E-state index contributed by atoms with van der Waals surface area (Å²) in [6, 6.07) is -2.18. The van der Waals surface area contributed by atoms with E-state index in [0.717, 1.165) is 19.3 Å². The Bertz CT molecular complexity index is 418. The summed E-state index contributed by atoms with van der Waals surface area (Å²) >= 11 is 0. The Morgan fingerprint density at radius 1 is 1.30 bits per heavy atom. The van der Waals surface area contributed by atoms with Gasteiger partial charge in [0.05, 0.1) is 13.2 Å². The number of methoxy groups -OCH3 is 1. The average Bonchev–Trinajstić information content (AvgIpc) is 2.39. The van der Waals surface area contributed by atoms with Gasteiger partial charge in [0.15, 0.2) is 0 Å². The fraction of sp³-hybridized carbons (Fsp3) is 0.455. The van der Waals surface area contributed by atoms with E-state index in [0.29, 0.717) is 0 Å². The van der Waals surface area contributed by atoms with Crippen LogP contribution < -0.4 is 16.4 Å². The highest BCUT2D eigenvalue weighted by Gasteiger charge is 2.21. The minimum Gasteiger partial charge on any atom is -0.480 e. The lowest BCUT2D eigenvalue weighted by Crippen LogP contribution is -2.52. The number of carboxylic acid groups (broad SMARTS) is 1. The van der Waals surface area contributed by atoms with Gasteiger partial charge in [-0.2, -0.15) is 0 Å². The molecule has 0 fully saturated rings. The number of esters is 1. The number of ether oxygens (including phenoxy) is 1. The Kier molecular flexibility index (Phi) is 7.60. The minimum absolute atomic E-state index is 0.349. The maximum absolute atomic E-state index is 11.3. The van der Waals surface area contributed by atoms with E-state index in [9.17, 15) is 19.2 Å². The van der Waals surface area contributed by atoms with E-state index in [1.807, 2.05) is 0 Å². The summed E-state index contributed by atoms with van der Waals surface area (Å²) in [5.74, 6) is -3.40. The predicted octanol–water partition coefficient (Wildman–Crippen LogP) is -2.25. The van der Waals surface area contributed by atoms with E-state index in [-0.39, 0.29) is 6.54 Å². The number of nitrogens with two attached hydrogens (primary N) is 1. The van der Waals surface area contributed by atoms with Gasteiger partial charge < -0.3 is 26.2 Å². The number of carbonyl (C=O) groups excluding carboxylic acids is 3. The first-order valence-corrected chi connectivity index (χ1v) is 5.60. The Hall–Kier alpha value is -2.42. The quantitative estimate of drug-likeness (QED) is 0.305. The van der Waals surface area contributed by atoms with Gasteiger partial charge in [-0.15, -0.1) is 0 Å². The standard InChI is InChI=1S/C11H17N3O6/c1-6(12)10(17)14-7(11(18)19)5-13-8(15)3-4-9(16)20-2/h3-4,6-7H,5,12H2,1-2H3,(H,13,15)(H,14,17)(H,18,19)/b4-3+/t6-,7?/m0/s1. The zero-order valence-electron chi connectivity index (χ0n) is 11.1. The van der Waals surface area contributed by atoms with Crippen LogP contribution in [0.2, 0.25) is 0 Å². The molecule has 1 unspecified atom stereocenters. The average molecular weight is 287 g/mol. The normalized spacial score (nSPS) is 13.3. The van der Waals surface area contributed by atoms with Gasteiger partial charge in [-0.3, -0.25) is 9.59 Å². The molecule has 9 nitrogen and oxygen atoms in total. The molecular formula is C11H17N3O6. The molecule has 0 bridgehead atoms. The maximum atomic E-state index is 11.3. The number of aliphatic carboxylic acids is 1. The first-order valence-electron chi connectivity index (χ1n) is 5.60. The summed E-state index contributed by atoms with van der Waals surface area (Å²) < 4.78 is 4.27. The maximum Gasteiger partial charge on any atom is 0.330 e. The van der Waals surface area contributed by atoms with Crippen LogP contribution in [0.15, 0.2) is 12.2 Å². The molecule has 0 radical (unpaired) electrons. The van der Waals surface area contributed by atoms with Crippen molar-refractivity contribution in [3.8, 4) is 0 Å². The summed E-state index contributed by atoms with van der Waals surface area (Å²) in [5, 5.41) is 13.2. The zero-order valence-corrected chi connectivity index (χ0v) is 11.1. The molecule has 0 aliphatic carbocycles. The van der Waals surface area contributed by atoms with Crippen LogP contribution in [-0.4, -0.2) is 54.6 Å². The largest absolute Gasteiger partial charge is 0.480 e. The third kappa shape index (κ3) is 7.11. The highest BCUT2D eigenvalue weighted by molar-refractivity contribution is 5.95. The highest BCUT2D eigenvalue weighted by Crippen LogP contribution is 1.87. The van der Waals surface area contributed by atoms with Crippen LogP contribution in [0, 0.1) is 0 Å². The van der Waals surface area contributed by atoms with Crippen LogP contribution in [0.5, 0.6) is 0 Å². The molecule has 5 N–H and O–H groups in total. The van der Waals surface area contributed by atoms with E-state index < -0.39 is 35.8 Å². The molecule has 0 aromatic heterocycles. The number of nitrogens with one attached hydrogen (secondary N) is 2. The van der Waals surface area contributed by atoms with Crippen molar-refractivity contribution < 1.29 is 29.0 Å². The second-order valence-corrected chi connectivity index (χ2v) is 3.79. The molecule has 0 saturated heterocycles. The first kappa shape index (κ1) is 17.6. The van der Waals surface area contributed by atoms with Crippen molar-refractivity contribution in [1.29, 1.82) is 0 Å². The molecule has 112 valence electrons. The van der Waals surface area contributed by atoms with Crippen molar-refractivity contribution in [2.24, 2.45) is 5.73 Å². The van der Waals surface area contributed by atoms with Crippen LogP contribution in [0.25, 0.3) is 0 Å². The fourth-order valence-electron chi connectivity index (χ4n) is 0.977. The van der Waals surface area contributed by atoms with Gasteiger partial charge in [-0.05, 0) is 6.92 Å². The topological polar surface area (TPSA) is 148 Å². The molecule has 0 aromatic rings. The number of hydrogen-bond donors (Lipinski definition) is 4. The molecule has 0 aliphatic rings. The van der Waals surface area contributed by atoms with E-state index in [1.165, 1.54) is 6.92 Å². The van der Waals surface area contributed by atoms with E-state index >= 15 is 0 Å². The molecule has 0 aliphatic heterocycles. The SMILES string of the molecule is COC(=O)/C=C/C(=O)NCC(NC(=O)[C@H](C)N)C(=O)O. The van der Waals surface area contributed by atoms with Crippen LogP contribution in [-0.2, 0) is 23.9 Å². The van der Waals surface area contributed by atoms with Gasteiger partial charge in [0.25, 0.3) is 0 Å². The fourth-order valence-corrected chi connectivity index (χ4v) is 0.977. The van der Waals surface area contributed by atoms with E-state index in [1.54, 1.807) is 0 Å². The summed E-state index contributed by atoms with van der Waals surface area (Å²) in [5.41, 5.74) is 5.28. The Morgan fingerprint density at radius 2 is 1.90 bits per heavy atom. The lowest BCUT2D eigenvalue weighted by atomic mass is 10.2. The molecule has 2 amide bonds. The molecule has 0 heterocycles. The Morgan fingerprint density at radius 3 is 2.35 bits per heavy atom. The lowest BCUT2D eigenvalue weighted by Gasteiger charge is -2.16. The van der Waals surface area contributed by atoms with Crippen LogP contribution in [0.1, 0.15) is 6.92 Å². The number of rotatable bonds is 7. The Labute approximate surface area is 115 Å². The van der Waals surface area contributed by atoms with E-state index in [2.05, 4.69) is 15.4 Å². The summed E-state index contributed by atoms with van der Waals surface area (Å²) in [7, 11) is 1.15. The third-order valence-corrected chi connectivity index (χ3v) is 2.08. The predicted molar refractivity (Wildman–Crippen MR) is 67.4 cm³/mol. The van der Waals surface area contributed by atoms with Gasteiger partial charge in [0.2, 0.25) is 11.8 Å². The van der Waals surface area contributed by atoms with Gasteiger partial charge in [-0.25, -0.2) is 9.59 Å². The summed E-state index contributed by atoms with van der Waals surface area (Å²) in [6.45, 7) is 1.05. The lowest BCUT2D eigenvalue weighted by molar-refractivity contribution is -0.142. The van der Waals surface area contributed by atoms with Crippen LogP contribution >= 0.6 is 0 Å². The molecule has 0 aromatic carbocycles. The van der Waals surface area contributed by atoms with E-state index in [4.69, 9.17) is 10.8 Å². The Balaban J connectivity index is 4.38. The second-order valence-electron chi connectivity index (χ2n) is 3.79. The van der Waals surface area contributed by atoms with Crippen molar-refractivity contribution in [1.82, 2.24) is 10.6 Å². The van der Waals surface area contributed by atoms with Crippen LogP contribution in [0.4, 0.5) is 0 Å². The number of amides is 2. The zero-order chi connectivity index (χ0) is 15.7. The highest BCUT2D eigenvalue weighted by atomic mass is 16.5. The first-order chi connectivity index (χ1) is 9.27. The molecular weight excluding hydrogens is 270 g/mol. The molecule has 2 atom stereocenters. The molecule has 0 saturated carbocycles. The van der Waals surface area contributed by atoms with Gasteiger partial charge in [0, 0.05) is 18.7 Å². The van der Waals surface area contributed by atoms with Crippen molar-refractivity contribution in [3.05, 3.63) is 12.2 Å². The monoisotopic (exact) mass is 287 g/mol. The minimum atomic E-state index is -1.32. The van der Waals surface area contributed by atoms with Crippen LogP contribution in [0.3, 0.4) is 0 Å². The number of hydrogen-bond acceptors (Lipinski definition) is 6. The molecule has 20 heavy (non-hydrogen) atoms. The smallest absolute Gasteiger partial charge is 0.330 e. The van der Waals surface area contributed by atoms with Gasteiger partial charge in [0.1, 0.15) is 6.04 Å². The van der Waals surface area contributed by atoms with Gasteiger partial charge >= 0.3 is 11.9 Å². The van der Waals surface area contributed by atoms with Gasteiger partial charge in [-0.1, -0.05) is 0 Å². The van der Waals surface area contributed by atoms with Crippen molar-refractivity contribution in [2.75, 3.05) is 13.7 Å². The number of carbonyl (C=O) groups is 4. The third-order valence-electron chi connectivity index (χ3n) is 2.08. The summed E-state index contributed by atoms with van der Waals surface area (Å²) in [6.07, 6.45) is 1.77. The van der Waals surface area contributed by atoms with Crippen molar-refractivity contribution in [2.45, 2.75) is 19.0 Å². The molecule has 9 heteroatoms. The van der Waals surface area contributed by atoms with Crippen molar-refractivity contribution >= 4 is 23.8 Å².